The maximum absolute atomic E-state index is 10.3. The van der Waals surface area contributed by atoms with E-state index in [0.29, 0.717) is 0 Å². The molecule has 0 spiro atoms. The lowest BCUT2D eigenvalue weighted by molar-refractivity contribution is -0.132. The van der Waals surface area contributed by atoms with Crippen molar-refractivity contribution in [2.75, 3.05) is 0 Å². The molecular formula is C7H7NO3. The summed E-state index contributed by atoms with van der Waals surface area (Å²) in [5, 5.41) is 10.8. The molecule has 0 aromatic rings. The fraction of sp³-hybridized carbons (Fsp3) is 0. The third-order valence-corrected chi connectivity index (χ3v) is 0.906. The van der Waals surface area contributed by atoms with E-state index in [4.69, 9.17) is 5.11 Å². The quantitative estimate of drug-likeness (QED) is 0.377. The monoisotopic (exact) mass is 153 g/mol. The minimum absolute atomic E-state index is 0.102. The Morgan fingerprint density at radius 2 is 2.09 bits per heavy atom. The smallest absolute Gasteiger partial charge is 0.335 e. The summed E-state index contributed by atoms with van der Waals surface area (Å²) in [7, 11) is 0. The first kappa shape index (κ1) is 9.29. The molecule has 0 unspecified atom stereocenters. The van der Waals surface area contributed by atoms with Gasteiger partial charge in [0.2, 0.25) is 0 Å². The van der Waals surface area contributed by atoms with Gasteiger partial charge >= 0.3 is 5.97 Å². The third-order valence-electron chi connectivity index (χ3n) is 0.906. The van der Waals surface area contributed by atoms with Gasteiger partial charge in [0.15, 0.2) is 0 Å². The van der Waals surface area contributed by atoms with Crippen LogP contribution in [0.1, 0.15) is 0 Å². The van der Waals surface area contributed by atoms with Crippen molar-refractivity contribution < 1.29 is 9.90 Å². The van der Waals surface area contributed by atoms with Crippen LogP contribution >= 0.6 is 0 Å². The molecule has 0 rings (SSSR count). The van der Waals surface area contributed by atoms with Crippen LogP contribution < -0.4 is 0 Å². The maximum Gasteiger partial charge on any atom is 0.335 e. The molecule has 58 valence electrons. The minimum Gasteiger partial charge on any atom is -0.478 e. The summed E-state index contributed by atoms with van der Waals surface area (Å²) in [5.74, 6) is -1.16. The molecule has 0 aliphatic carbocycles. The molecule has 1 N–H and O–H groups in total. The van der Waals surface area contributed by atoms with E-state index < -0.39 is 5.97 Å². The lowest BCUT2D eigenvalue weighted by Crippen LogP contribution is -1.96. The summed E-state index contributed by atoms with van der Waals surface area (Å²) in [6.07, 6.45) is 2.15. The normalized spacial score (nSPS) is 10.4. The van der Waals surface area contributed by atoms with Crippen LogP contribution in [0.15, 0.2) is 41.8 Å². The summed E-state index contributed by atoms with van der Waals surface area (Å²) in [5.41, 5.74) is -0.239. The first-order chi connectivity index (χ1) is 5.11. The number of carboxylic acids is 1. The Kier molecular flexibility index (Phi) is 3.51. The zero-order valence-electron chi connectivity index (χ0n) is 5.78. The zero-order valence-corrected chi connectivity index (χ0v) is 5.78. The van der Waals surface area contributed by atoms with Gasteiger partial charge in [-0.25, -0.2) is 4.79 Å². The number of rotatable bonds is 4. The zero-order chi connectivity index (χ0) is 8.85. The van der Waals surface area contributed by atoms with Gasteiger partial charge in [-0.2, -0.15) is 0 Å². The van der Waals surface area contributed by atoms with Crippen molar-refractivity contribution in [3.8, 4) is 0 Å². The molecule has 0 heterocycles. The topological polar surface area (TPSA) is 66.7 Å². The first-order valence-corrected chi connectivity index (χ1v) is 2.71. The molecule has 4 nitrogen and oxygen atoms in total. The van der Waals surface area contributed by atoms with E-state index >= 15 is 0 Å². The van der Waals surface area contributed by atoms with E-state index in [-0.39, 0.29) is 11.3 Å². The molecule has 0 saturated carbocycles. The Hall–Kier alpha value is -1.71. The number of aliphatic carboxylic acids is 1. The van der Waals surface area contributed by atoms with E-state index in [1.165, 1.54) is 0 Å². The van der Waals surface area contributed by atoms with E-state index in [9.17, 15) is 9.70 Å². The van der Waals surface area contributed by atoms with E-state index in [2.05, 4.69) is 18.3 Å². The number of allylic oxidation sites excluding steroid dienone is 1. The molecule has 11 heavy (non-hydrogen) atoms. The number of nitrogens with zero attached hydrogens (tertiary/aromatic N) is 1. The van der Waals surface area contributed by atoms with Gasteiger partial charge < -0.3 is 5.11 Å². The second-order valence-electron chi connectivity index (χ2n) is 1.69. The van der Waals surface area contributed by atoms with Crippen molar-refractivity contribution >= 4 is 5.97 Å². The van der Waals surface area contributed by atoms with Gasteiger partial charge in [0.05, 0.1) is 5.57 Å². The predicted molar refractivity (Wildman–Crippen MR) is 40.9 cm³/mol. The molecule has 0 fully saturated rings. The largest absolute Gasteiger partial charge is 0.478 e. The van der Waals surface area contributed by atoms with Gasteiger partial charge in [-0.3, -0.25) is 0 Å². The van der Waals surface area contributed by atoms with Crippen LogP contribution in [0.5, 0.6) is 0 Å². The van der Waals surface area contributed by atoms with Crippen LogP contribution in [0, 0.1) is 4.91 Å². The van der Waals surface area contributed by atoms with Crippen molar-refractivity contribution in [1.82, 2.24) is 0 Å². The van der Waals surface area contributed by atoms with Gasteiger partial charge in [0.1, 0.15) is 5.70 Å². The Labute approximate surface area is 63.5 Å². The molecule has 0 atom stereocenters. The van der Waals surface area contributed by atoms with Crippen LogP contribution in [-0.4, -0.2) is 11.1 Å². The van der Waals surface area contributed by atoms with Crippen LogP contribution in [0.3, 0.4) is 0 Å². The van der Waals surface area contributed by atoms with E-state index in [1.54, 1.807) is 0 Å². The molecule has 0 aromatic heterocycles. The summed E-state index contributed by atoms with van der Waals surface area (Å²) < 4.78 is 0. The molecule has 0 saturated heterocycles. The predicted octanol–water partition coefficient (Wildman–Crippen LogP) is 1.46. The average Bonchev–Trinajstić information content (AvgIpc) is 1.99. The van der Waals surface area contributed by atoms with Gasteiger partial charge in [0, 0.05) is 0 Å². The van der Waals surface area contributed by atoms with Crippen LogP contribution in [0.4, 0.5) is 0 Å². The van der Waals surface area contributed by atoms with Gasteiger partial charge in [-0.15, -0.1) is 4.91 Å². The SMILES string of the molecule is C=CC(=CC(=C)N=O)C(=O)O. The highest BCUT2D eigenvalue weighted by Crippen LogP contribution is 2.02. The van der Waals surface area contributed by atoms with Crippen molar-refractivity contribution in [2.45, 2.75) is 0 Å². The fourth-order valence-corrected chi connectivity index (χ4v) is 0.414. The summed E-state index contributed by atoms with van der Waals surface area (Å²) in [6.45, 7) is 6.41. The molecule has 0 bridgehead atoms. The Bertz CT molecular complexity index is 240. The molecule has 4 heteroatoms. The number of nitroso groups, excluding NO2 is 1. The molecule has 0 aromatic carbocycles. The van der Waals surface area contributed by atoms with Crippen molar-refractivity contribution in [3.63, 3.8) is 0 Å². The Morgan fingerprint density at radius 3 is 2.36 bits per heavy atom. The molecule has 0 aliphatic rings. The fourth-order valence-electron chi connectivity index (χ4n) is 0.414. The number of carboxylic acid groups (broad SMARTS) is 1. The van der Waals surface area contributed by atoms with Gasteiger partial charge in [0.25, 0.3) is 0 Å². The van der Waals surface area contributed by atoms with Crippen LogP contribution in [-0.2, 0) is 4.79 Å². The molecule has 0 aliphatic heterocycles. The van der Waals surface area contributed by atoms with Gasteiger partial charge in [-0.05, 0) is 11.3 Å². The maximum atomic E-state index is 10.3. The number of hydrogen-bond donors (Lipinski definition) is 1. The molecule has 0 radical (unpaired) electrons. The second kappa shape index (κ2) is 4.16. The van der Waals surface area contributed by atoms with E-state index in [0.717, 1.165) is 12.2 Å². The summed E-state index contributed by atoms with van der Waals surface area (Å²) in [4.78, 5) is 20.0. The van der Waals surface area contributed by atoms with E-state index in [1.807, 2.05) is 0 Å². The highest BCUT2D eigenvalue weighted by Gasteiger charge is 2.01. The average molecular weight is 153 g/mol. The van der Waals surface area contributed by atoms with Gasteiger partial charge in [-0.1, -0.05) is 19.2 Å². The Balaban J connectivity index is 4.61. The van der Waals surface area contributed by atoms with Crippen molar-refractivity contribution in [2.24, 2.45) is 5.18 Å². The number of hydrogen-bond acceptors (Lipinski definition) is 3. The molecule has 0 amide bonds. The summed E-state index contributed by atoms with van der Waals surface area (Å²) in [6, 6.07) is 0. The van der Waals surface area contributed by atoms with Crippen LogP contribution in [0.2, 0.25) is 0 Å². The standard InChI is InChI=1S/C7H7NO3/c1-3-6(7(9)10)4-5(2)8-11/h3-4H,1-2H2,(H,9,10). The summed E-state index contributed by atoms with van der Waals surface area (Å²) >= 11 is 0. The van der Waals surface area contributed by atoms with Crippen molar-refractivity contribution in [3.05, 3.63) is 41.5 Å². The highest BCUT2D eigenvalue weighted by molar-refractivity contribution is 5.90. The second-order valence-corrected chi connectivity index (χ2v) is 1.69. The highest BCUT2D eigenvalue weighted by atomic mass is 16.4. The van der Waals surface area contributed by atoms with Crippen molar-refractivity contribution in [1.29, 1.82) is 0 Å². The lowest BCUT2D eigenvalue weighted by atomic mass is 10.2. The van der Waals surface area contributed by atoms with Crippen LogP contribution in [0.25, 0.3) is 0 Å². The molecular weight excluding hydrogens is 146 g/mol. The lowest BCUT2D eigenvalue weighted by Gasteiger charge is -1.90. The minimum atomic E-state index is -1.16. The number of carbonyl (C=O) groups is 1. The first-order valence-electron chi connectivity index (χ1n) is 2.71. The Morgan fingerprint density at radius 1 is 1.55 bits per heavy atom. The third kappa shape index (κ3) is 3.10.